The Morgan fingerprint density at radius 3 is 2.75 bits per heavy atom. The Bertz CT molecular complexity index is 544. The summed E-state index contributed by atoms with van der Waals surface area (Å²) in [5.74, 6) is 0.420. The second kappa shape index (κ2) is 3.40. The van der Waals surface area contributed by atoms with Gasteiger partial charge in [-0.1, -0.05) is 6.42 Å². The summed E-state index contributed by atoms with van der Waals surface area (Å²) in [6.07, 6.45) is 3.52. The van der Waals surface area contributed by atoms with E-state index in [1.54, 1.807) is 6.07 Å². The van der Waals surface area contributed by atoms with Gasteiger partial charge in [-0.15, -0.1) is 0 Å². The monoisotopic (exact) mass is 217 g/mol. The highest BCUT2D eigenvalue weighted by molar-refractivity contribution is 5.82. The Kier molecular flexibility index (Phi) is 2.02. The highest BCUT2D eigenvalue weighted by atomic mass is 19.1. The number of benzene rings is 1. The lowest BCUT2D eigenvalue weighted by Crippen LogP contribution is -2.13. The maximum Gasteiger partial charge on any atom is 0.220 e. The Morgan fingerprint density at radius 2 is 2.06 bits per heavy atom. The minimum absolute atomic E-state index is 0.236. The number of hydrogen-bond acceptors (Lipinski definition) is 3. The van der Waals surface area contributed by atoms with Gasteiger partial charge in [0.25, 0.3) is 0 Å². The van der Waals surface area contributed by atoms with Crippen molar-refractivity contribution in [2.75, 3.05) is 5.73 Å². The molecule has 0 saturated heterocycles. The first-order valence-electron chi connectivity index (χ1n) is 5.47. The Hall–Kier alpha value is -1.71. The molecule has 2 aromatic rings. The van der Waals surface area contributed by atoms with Crippen LogP contribution in [0.2, 0.25) is 0 Å². The molecule has 0 radical (unpaired) electrons. The van der Waals surface area contributed by atoms with Crippen molar-refractivity contribution in [2.45, 2.75) is 25.2 Å². The van der Waals surface area contributed by atoms with Crippen LogP contribution in [0.25, 0.3) is 10.9 Å². The zero-order valence-electron chi connectivity index (χ0n) is 8.78. The van der Waals surface area contributed by atoms with Gasteiger partial charge in [-0.3, -0.25) is 0 Å². The van der Waals surface area contributed by atoms with Crippen molar-refractivity contribution in [3.8, 4) is 0 Å². The van der Waals surface area contributed by atoms with E-state index in [2.05, 4.69) is 9.97 Å². The largest absolute Gasteiger partial charge is 0.368 e. The third-order valence-corrected chi connectivity index (χ3v) is 3.20. The van der Waals surface area contributed by atoms with Crippen LogP contribution in [-0.4, -0.2) is 9.97 Å². The zero-order valence-corrected chi connectivity index (χ0v) is 8.78. The summed E-state index contributed by atoms with van der Waals surface area (Å²) in [5.41, 5.74) is 7.23. The smallest absolute Gasteiger partial charge is 0.220 e. The molecular formula is C12H12FN3. The summed E-state index contributed by atoms with van der Waals surface area (Å²) in [6, 6.07) is 4.61. The standard InChI is InChI=1S/C12H12FN3/c13-8-4-5-9-10(6-8)15-12(14)16-11(9)7-2-1-3-7/h4-7H,1-3H2,(H2,14,15,16). The van der Waals surface area contributed by atoms with Crippen LogP contribution < -0.4 is 5.73 Å². The molecule has 1 heterocycles. The van der Waals surface area contributed by atoms with Gasteiger partial charge >= 0.3 is 0 Å². The van der Waals surface area contributed by atoms with E-state index in [1.807, 2.05) is 0 Å². The Morgan fingerprint density at radius 1 is 1.25 bits per heavy atom. The first-order valence-corrected chi connectivity index (χ1v) is 5.47. The number of rotatable bonds is 1. The zero-order chi connectivity index (χ0) is 11.1. The minimum atomic E-state index is -0.287. The highest BCUT2D eigenvalue weighted by Crippen LogP contribution is 2.38. The molecule has 0 spiro atoms. The lowest BCUT2D eigenvalue weighted by atomic mass is 9.81. The maximum absolute atomic E-state index is 13.1. The van der Waals surface area contributed by atoms with Gasteiger partial charge in [-0.25, -0.2) is 14.4 Å². The second-order valence-corrected chi connectivity index (χ2v) is 4.26. The van der Waals surface area contributed by atoms with Gasteiger partial charge in [-0.2, -0.15) is 0 Å². The van der Waals surface area contributed by atoms with Crippen LogP contribution in [0.3, 0.4) is 0 Å². The fourth-order valence-corrected chi connectivity index (χ4v) is 2.14. The topological polar surface area (TPSA) is 51.8 Å². The quantitative estimate of drug-likeness (QED) is 0.798. The van der Waals surface area contributed by atoms with E-state index in [0.29, 0.717) is 11.4 Å². The molecule has 0 bridgehead atoms. The van der Waals surface area contributed by atoms with Crippen LogP contribution in [0.15, 0.2) is 18.2 Å². The number of anilines is 1. The third-order valence-electron chi connectivity index (χ3n) is 3.20. The van der Waals surface area contributed by atoms with Crippen LogP contribution in [-0.2, 0) is 0 Å². The molecule has 1 fully saturated rings. The molecule has 1 aromatic carbocycles. The van der Waals surface area contributed by atoms with Crippen LogP contribution in [0.4, 0.5) is 10.3 Å². The minimum Gasteiger partial charge on any atom is -0.368 e. The van der Waals surface area contributed by atoms with E-state index in [0.717, 1.165) is 23.9 Å². The average molecular weight is 217 g/mol. The number of nitrogens with two attached hydrogens (primary N) is 1. The molecule has 1 aromatic heterocycles. The predicted octanol–water partition coefficient (Wildman–Crippen LogP) is 2.62. The number of halogens is 1. The molecule has 3 rings (SSSR count). The van der Waals surface area contributed by atoms with Gasteiger partial charge in [0, 0.05) is 17.4 Å². The number of aromatic nitrogens is 2. The van der Waals surface area contributed by atoms with Crippen molar-refractivity contribution in [3.63, 3.8) is 0 Å². The summed E-state index contributed by atoms with van der Waals surface area (Å²) < 4.78 is 13.1. The van der Waals surface area contributed by atoms with Gasteiger partial charge in [0.05, 0.1) is 11.2 Å². The molecule has 2 N–H and O–H groups in total. The lowest BCUT2D eigenvalue weighted by Gasteiger charge is -2.25. The van der Waals surface area contributed by atoms with Crippen molar-refractivity contribution in [1.29, 1.82) is 0 Å². The lowest BCUT2D eigenvalue weighted by molar-refractivity contribution is 0.414. The molecule has 0 aliphatic heterocycles. The molecule has 0 amide bonds. The van der Waals surface area contributed by atoms with Crippen LogP contribution >= 0.6 is 0 Å². The Balaban J connectivity index is 2.25. The molecule has 3 nitrogen and oxygen atoms in total. The van der Waals surface area contributed by atoms with E-state index < -0.39 is 0 Å². The van der Waals surface area contributed by atoms with Crippen LogP contribution in [0.1, 0.15) is 30.9 Å². The Labute approximate surface area is 92.5 Å². The van der Waals surface area contributed by atoms with Crippen LogP contribution in [0, 0.1) is 5.82 Å². The van der Waals surface area contributed by atoms with Crippen molar-refractivity contribution in [2.24, 2.45) is 0 Å². The van der Waals surface area contributed by atoms with Crippen molar-refractivity contribution >= 4 is 16.9 Å². The summed E-state index contributed by atoms with van der Waals surface area (Å²) in [6.45, 7) is 0. The van der Waals surface area contributed by atoms with E-state index in [4.69, 9.17) is 5.73 Å². The van der Waals surface area contributed by atoms with Gasteiger partial charge in [0.1, 0.15) is 5.82 Å². The van der Waals surface area contributed by atoms with Gasteiger partial charge in [0.15, 0.2) is 0 Å². The van der Waals surface area contributed by atoms with E-state index in [9.17, 15) is 4.39 Å². The van der Waals surface area contributed by atoms with E-state index in [1.165, 1.54) is 18.6 Å². The molecular weight excluding hydrogens is 205 g/mol. The highest BCUT2D eigenvalue weighted by Gasteiger charge is 2.23. The first-order chi connectivity index (χ1) is 7.74. The maximum atomic E-state index is 13.1. The summed E-state index contributed by atoms with van der Waals surface area (Å²) >= 11 is 0. The molecule has 1 saturated carbocycles. The van der Waals surface area contributed by atoms with E-state index in [-0.39, 0.29) is 11.8 Å². The average Bonchev–Trinajstić information content (AvgIpc) is 2.13. The molecule has 0 atom stereocenters. The molecule has 1 aliphatic carbocycles. The number of hydrogen-bond donors (Lipinski definition) is 1. The second-order valence-electron chi connectivity index (χ2n) is 4.26. The SMILES string of the molecule is Nc1nc(C2CCC2)c2ccc(F)cc2n1. The van der Waals surface area contributed by atoms with E-state index >= 15 is 0 Å². The molecule has 16 heavy (non-hydrogen) atoms. The number of nitrogens with zero attached hydrogens (tertiary/aromatic N) is 2. The summed E-state index contributed by atoms with van der Waals surface area (Å²) in [5, 5.41) is 0.931. The molecule has 0 unspecified atom stereocenters. The first kappa shape index (κ1) is 9.51. The number of fused-ring (bicyclic) bond motifs is 1. The van der Waals surface area contributed by atoms with Crippen molar-refractivity contribution in [3.05, 3.63) is 29.7 Å². The molecule has 82 valence electrons. The summed E-state index contributed by atoms with van der Waals surface area (Å²) in [7, 11) is 0. The van der Waals surface area contributed by atoms with Gasteiger partial charge < -0.3 is 5.73 Å². The predicted molar refractivity (Wildman–Crippen MR) is 60.5 cm³/mol. The number of nitrogen functional groups attached to an aromatic ring is 1. The fourth-order valence-electron chi connectivity index (χ4n) is 2.14. The van der Waals surface area contributed by atoms with Gasteiger partial charge in [-0.05, 0) is 25.0 Å². The normalized spacial score (nSPS) is 16.3. The summed E-state index contributed by atoms with van der Waals surface area (Å²) in [4.78, 5) is 8.36. The molecule has 1 aliphatic rings. The third kappa shape index (κ3) is 1.41. The van der Waals surface area contributed by atoms with Gasteiger partial charge in [0.2, 0.25) is 5.95 Å². The van der Waals surface area contributed by atoms with Crippen LogP contribution in [0.5, 0.6) is 0 Å². The van der Waals surface area contributed by atoms with Crippen molar-refractivity contribution < 1.29 is 4.39 Å². The molecule has 4 heteroatoms. The van der Waals surface area contributed by atoms with Crippen molar-refractivity contribution in [1.82, 2.24) is 9.97 Å². The fraction of sp³-hybridized carbons (Fsp3) is 0.333.